The number of aryl methyl sites for hydroxylation is 1. The summed E-state index contributed by atoms with van der Waals surface area (Å²) >= 11 is 0. The third kappa shape index (κ3) is 2.70. The molecule has 102 valence electrons. The van der Waals surface area contributed by atoms with Gasteiger partial charge in [0.25, 0.3) is 0 Å². The number of rotatable bonds is 3. The highest BCUT2D eigenvalue weighted by Crippen LogP contribution is 2.33. The smallest absolute Gasteiger partial charge is 0.347 e. The first-order chi connectivity index (χ1) is 9.02. The first kappa shape index (κ1) is 13.4. The van der Waals surface area contributed by atoms with E-state index >= 15 is 0 Å². The summed E-state index contributed by atoms with van der Waals surface area (Å²) in [6.07, 6.45) is 0.465. The van der Waals surface area contributed by atoms with Crippen LogP contribution < -0.4 is 4.74 Å². The number of phenolic OH excluding ortho intramolecular Hbond substituents is 1. The van der Waals surface area contributed by atoms with Gasteiger partial charge in [0.2, 0.25) is 0 Å². The van der Waals surface area contributed by atoms with Gasteiger partial charge in [-0.15, -0.1) is 0 Å². The Morgan fingerprint density at radius 3 is 2.84 bits per heavy atom. The van der Waals surface area contributed by atoms with E-state index in [0.29, 0.717) is 25.2 Å². The molecule has 0 aliphatic carbocycles. The molecular formula is C14H16O5. The van der Waals surface area contributed by atoms with Crippen LogP contribution in [0.2, 0.25) is 0 Å². The van der Waals surface area contributed by atoms with Gasteiger partial charge in [0.1, 0.15) is 11.5 Å². The van der Waals surface area contributed by atoms with Crippen molar-refractivity contribution in [1.82, 2.24) is 0 Å². The zero-order valence-electron chi connectivity index (χ0n) is 10.9. The van der Waals surface area contributed by atoms with Gasteiger partial charge in [0.05, 0.1) is 12.2 Å². The average molecular weight is 264 g/mol. The number of fused-ring (bicyclic) bond motifs is 1. The molecule has 1 atom stereocenters. The van der Waals surface area contributed by atoms with Gasteiger partial charge >= 0.3 is 5.97 Å². The van der Waals surface area contributed by atoms with Crippen molar-refractivity contribution in [3.8, 4) is 11.5 Å². The van der Waals surface area contributed by atoms with E-state index in [2.05, 4.69) is 0 Å². The summed E-state index contributed by atoms with van der Waals surface area (Å²) in [6, 6.07) is 3.01. The van der Waals surface area contributed by atoms with Crippen LogP contribution in [-0.2, 0) is 16.0 Å². The molecule has 0 aromatic heterocycles. The zero-order valence-corrected chi connectivity index (χ0v) is 10.9. The van der Waals surface area contributed by atoms with Crippen LogP contribution in [0.15, 0.2) is 12.1 Å². The maximum Gasteiger partial charge on any atom is 0.347 e. The minimum Gasteiger partial charge on any atom is -0.507 e. The van der Waals surface area contributed by atoms with Crippen LogP contribution in [0.25, 0.3) is 0 Å². The van der Waals surface area contributed by atoms with Gasteiger partial charge in [0, 0.05) is 0 Å². The second kappa shape index (κ2) is 5.30. The third-order valence-electron chi connectivity index (χ3n) is 3.05. The molecule has 0 spiro atoms. The third-order valence-corrected chi connectivity index (χ3v) is 3.05. The van der Waals surface area contributed by atoms with Crippen LogP contribution >= 0.6 is 0 Å². The van der Waals surface area contributed by atoms with E-state index < -0.39 is 12.1 Å². The lowest BCUT2D eigenvalue weighted by Gasteiger charge is -2.25. The molecule has 1 aliphatic rings. The molecule has 0 bridgehead atoms. The van der Waals surface area contributed by atoms with Gasteiger partial charge in [-0.3, -0.25) is 4.79 Å². The van der Waals surface area contributed by atoms with E-state index in [9.17, 15) is 14.7 Å². The van der Waals surface area contributed by atoms with E-state index in [0.717, 1.165) is 5.56 Å². The summed E-state index contributed by atoms with van der Waals surface area (Å²) in [5, 5.41) is 9.73. The second-order valence-corrected chi connectivity index (χ2v) is 4.43. The lowest BCUT2D eigenvalue weighted by atomic mass is 9.98. The Morgan fingerprint density at radius 1 is 1.47 bits per heavy atom. The maximum absolute atomic E-state index is 11.6. The number of benzene rings is 1. The predicted molar refractivity (Wildman–Crippen MR) is 67.5 cm³/mol. The molecule has 1 aliphatic heterocycles. The van der Waals surface area contributed by atoms with Gasteiger partial charge in [0.15, 0.2) is 11.9 Å². The molecule has 1 aromatic rings. The number of Topliss-reactive ketones (excluding diaryl/α,β-unsaturated/α-hetero) is 1. The summed E-state index contributed by atoms with van der Waals surface area (Å²) < 4.78 is 10.5. The van der Waals surface area contributed by atoms with Crippen LogP contribution in [-0.4, -0.2) is 29.6 Å². The van der Waals surface area contributed by atoms with E-state index in [1.807, 2.05) is 0 Å². The molecule has 0 saturated heterocycles. The van der Waals surface area contributed by atoms with Crippen LogP contribution in [0.3, 0.4) is 0 Å². The Bertz CT molecular complexity index is 521. The molecule has 0 fully saturated rings. The normalized spacial score (nSPS) is 17.3. The topological polar surface area (TPSA) is 72.8 Å². The Hall–Kier alpha value is -2.04. The number of phenols is 1. The molecule has 1 heterocycles. The molecular weight excluding hydrogens is 248 g/mol. The van der Waals surface area contributed by atoms with Gasteiger partial charge in [-0.1, -0.05) is 0 Å². The molecule has 2 rings (SSSR count). The Kier molecular flexibility index (Phi) is 3.74. The van der Waals surface area contributed by atoms with E-state index in [4.69, 9.17) is 9.47 Å². The number of hydrogen-bond donors (Lipinski definition) is 1. The molecule has 5 heteroatoms. The van der Waals surface area contributed by atoms with Gasteiger partial charge in [-0.25, -0.2) is 4.79 Å². The fraction of sp³-hybridized carbons (Fsp3) is 0.429. The molecule has 1 unspecified atom stereocenters. The van der Waals surface area contributed by atoms with Crippen molar-refractivity contribution in [2.45, 2.75) is 32.8 Å². The van der Waals surface area contributed by atoms with Crippen molar-refractivity contribution in [3.63, 3.8) is 0 Å². The number of aromatic hydroxyl groups is 1. The molecule has 1 aromatic carbocycles. The first-order valence-electron chi connectivity index (χ1n) is 6.23. The minimum atomic E-state index is -0.642. The Labute approximate surface area is 111 Å². The lowest BCUT2D eigenvalue weighted by molar-refractivity contribution is -0.152. The molecule has 0 saturated carbocycles. The predicted octanol–water partition coefficient (Wildman–Crippen LogP) is 1.85. The molecule has 0 amide bonds. The van der Waals surface area contributed by atoms with Crippen LogP contribution in [0.5, 0.6) is 11.5 Å². The standard InChI is InChI=1S/C14H16O5/c1-3-18-14(17)12-5-4-9-6-11(16)10(8(2)15)7-13(9)19-12/h6-7,12,16H,3-5H2,1-2H3. The number of ketones is 1. The van der Waals surface area contributed by atoms with Crippen molar-refractivity contribution < 1.29 is 24.2 Å². The molecule has 5 nitrogen and oxygen atoms in total. The largest absolute Gasteiger partial charge is 0.507 e. The lowest BCUT2D eigenvalue weighted by Crippen LogP contribution is -2.33. The van der Waals surface area contributed by atoms with Gasteiger partial charge in [-0.2, -0.15) is 0 Å². The number of esters is 1. The minimum absolute atomic E-state index is 0.0514. The van der Waals surface area contributed by atoms with Gasteiger partial charge in [-0.05, 0) is 44.4 Å². The quantitative estimate of drug-likeness (QED) is 0.666. The van der Waals surface area contributed by atoms with Crippen molar-refractivity contribution in [2.24, 2.45) is 0 Å². The highest BCUT2D eigenvalue weighted by Gasteiger charge is 2.28. The maximum atomic E-state index is 11.6. The van der Waals surface area contributed by atoms with Crippen molar-refractivity contribution in [1.29, 1.82) is 0 Å². The fourth-order valence-corrected chi connectivity index (χ4v) is 2.10. The summed E-state index contributed by atoms with van der Waals surface area (Å²) in [4.78, 5) is 23.0. The number of ether oxygens (including phenoxy) is 2. The highest BCUT2D eigenvalue weighted by atomic mass is 16.6. The van der Waals surface area contributed by atoms with Crippen molar-refractivity contribution >= 4 is 11.8 Å². The van der Waals surface area contributed by atoms with Crippen molar-refractivity contribution in [3.05, 3.63) is 23.3 Å². The molecule has 0 radical (unpaired) electrons. The molecule has 19 heavy (non-hydrogen) atoms. The zero-order chi connectivity index (χ0) is 14.0. The average Bonchev–Trinajstić information content (AvgIpc) is 2.37. The summed E-state index contributed by atoms with van der Waals surface area (Å²) in [6.45, 7) is 3.41. The van der Waals surface area contributed by atoms with E-state index in [-0.39, 0.29) is 17.1 Å². The van der Waals surface area contributed by atoms with E-state index in [1.165, 1.54) is 19.1 Å². The van der Waals surface area contributed by atoms with Gasteiger partial charge < -0.3 is 14.6 Å². The monoisotopic (exact) mass is 264 g/mol. The van der Waals surface area contributed by atoms with Crippen molar-refractivity contribution in [2.75, 3.05) is 6.61 Å². The van der Waals surface area contributed by atoms with E-state index in [1.54, 1.807) is 6.92 Å². The Balaban J connectivity index is 2.26. The fourth-order valence-electron chi connectivity index (χ4n) is 2.10. The van der Waals surface area contributed by atoms with Crippen LogP contribution in [0.4, 0.5) is 0 Å². The van der Waals surface area contributed by atoms with Crippen LogP contribution in [0, 0.1) is 0 Å². The SMILES string of the molecule is CCOC(=O)C1CCc2cc(O)c(C(C)=O)cc2O1. The van der Waals surface area contributed by atoms with Crippen LogP contribution in [0.1, 0.15) is 36.2 Å². The first-order valence-corrected chi connectivity index (χ1v) is 6.23. The number of hydrogen-bond acceptors (Lipinski definition) is 5. The molecule has 1 N–H and O–H groups in total. The Morgan fingerprint density at radius 2 is 2.21 bits per heavy atom. The highest BCUT2D eigenvalue weighted by molar-refractivity contribution is 5.97. The summed E-state index contributed by atoms with van der Waals surface area (Å²) in [5.41, 5.74) is 0.992. The number of carbonyl (C=O) groups is 2. The summed E-state index contributed by atoms with van der Waals surface area (Å²) in [7, 11) is 0. The second-order valence-electron chi connectivity index (χ2n) is 4.43. The number of carbonyl (C=O) groups excluding carboxylic acids is 2. The summed E-state index contributed by atoms with van der Waals surface area (Å²) in [5.74, 6) is -0.232.